The molecule has 0 unspecified atom stereocenters. The number of amides is 3. The number of aryl methyl sites for hydroxylation is 1. The van der Waals surface area contributed by atoms with Gasteiger partial charge < -0.3 is 9.80 Å². The number of halogens is 3. The van der Waals surface area contributed by atoms with E-state index in [4.69, 9.17) is 0 Å². The highest BCUT2D eigenvalue weighted by Gasteiger charge is 2.44. The second-order valence-electron chi connectivity index (χ2n) is 8.05. The van der Waals surface area contributed by atoms with Crippen molar-refractivity contribution in [2.75, 3.05) is 18.4 Å². The van der Waals surface area contributed by atoms with Gasteiger partial charge in [-0.15, -0.1) is 11.3 Å². The van der Waals surface area contributed by atoms with Crippen LogP contribution in [0.3, 0.4) is 0 Å². The van der Waals surface area contributed by atoms with Gasteiger partial charge >= 0.3 is 18.1 Å². The lowest BCUT2D eigenvalue weighted by atomic mass is 9.85. The van der Waals surface area contributed by atoms with Crippen LogP contribution in [0.4, 0.5) is 23.1 Å². The average Bonchev–Trinajstić information content (AvgIpc) is 3.07. The number of nitrogens with one attached hydrogen (secondary N) is 1. The molecule has 10 heteroatoms. The van der Waals surface area contributed by atoms with E-state index >= 15 is 0 Å². The molecule has 1 aliphatic carbocycles. The molecule has 1 aliphatic heterocycles. The molecule has 0 aromatic carbocycles. The number of rotatable bonds is 3. The Balaban J connectivity index is 1.70. The molecule has 1 N–H and O–H groups in total. The van der Waals surface area contributed by atoms with Crippen molar-refractivity contribution in [3.8, 4) is 0 Å². The molecular formula is C19H27F3N4O2S. The summed E-state index contributed by atoms with van der Waals surface area (Å²) in [4.78, 5) is 32.4. The highest BCUT2D eigenvalue weighted by molar-refractivity contribution is 7.15. The number of alkyl halides is 3. The zero-order valence-corrected chi connectivity index (χ0v) is 17.5. The number of thiazole rings is 1. The van der Waals surface area contributed by atoms with Gasteiger partial charge in [-0.2, -0.15) is 13.2 Å². The molecule has 1 saturated heterocycles. The van der Waals surface area contributed by atoms with Crippen LogP contribution in [-0.2, 0) is 4.79 Å². The van der Waals surface area contributed by atoms with Crippen molar-refractivity contribution < 1.29 is 22.8 Å². The predicted molar refractivity (Wildman–Crippen MR) is 105 cm³/mol. The quantitative estimate of drug-likeness (QED) is 0.769. The van der Waals surface area contributed by atoms with Gasteiger partial charge in [-0.3, -0.25) is 10.1 Å². The standard InChI is InChI=1S/C19H27F3N4O2S/c1-12-3-5-14(6-4-12)26(18(28)24-17-23-11-13(2)29-17)15-7-9-25(10-8-15)16(27)19(20,21)22/h11-12,14-15H,3-10H2,1-2H3,(H,23,24,28)/t12-,14-. The molecule has 2 heterocycles. The summed E-state index contributed by atoms with van der Waals surface area (Å²) in [7, 11) is 0. The van der Waals surface area contributed by atoms with Gasteiger partial charge in [0.15, 0.2) is 5.13 Å². The van der Waals surface area contributed by atoms with E-state index in [1.165, 1.54) is 11.3 Å². The fourth-order valence-electron chi connectivity index (χ4n) is 4.25. The van der Waals surface area contributed by atoms with Crippen LogP contribution in [0.15, 0.2) is 6.20 Å². The summed E-state index contributed by atoms with van der Waals surface area (Å²) in [5.74, 6) is -1.18. The Morgan fingerprint density at radius 2 is 1.72 bits per heavy atom. The van der Waals surface area contributed by atoms with E-state index in [1.54, 1.807) is 6.20 Å². The number of piperidine rings is 1. The summed E-state index contributed by atoms with van der Waals surface area (Å²) in [6.45, 7) is 4.11. The van der Waals surface area contributed by atoms with Crippen molar-refractivity contribution in [2.45, 2.75) is 70.6 Å². The highest BCUT2D eigenvalue weighted by atomic mass is 32.1. The molecule has 162 valence electrons. The number of urea groups is 1. The van der Waals surface area contributed by atoms with E-state index < -0.39 is 12.1 Å². The van der Waals surface area contributed by atoms with Crippen molar-refractivity contribution in [3.63, 3.8) is 0 Å². The van der Waals surface area contributed by atoms with Gasteiger partial charge in [-0.25, -0.2) is 9.78 Å². The first-order valence-corrected chi connectivity index (χ1v) is 10.8. The van der Waals surface area contributed by atoms with E-state index in [9.17, 15) is 22.8 Å². The fourth-order valence-corrected chi connectivity index (χ4v) is 4.90. The summed E-state index contributed by atoms with van der Waals surface area (Å²) in [5.41, 5.74) is 0. The smallest absolute Gasteiger partial charge is 0.335 e. The lowest BCUT2D eigenvalue weighted by Gasteiger charge is -2.44. The summed E-state index contributed by atoms with van der Waals surface area (Å²) in [6.07, 6.45) is 1.34. The Morgan fingerprint density at radius 3 is 2.24 bits per heavy atom. The minimum absolute atomic E-state index is 0.00622. The van der Waals surface area contributed by atoms with Crippen LogP contribution in [0.1, 0.15) is 50.3 Å². The molecule has 1 aromatic rings. The molecule has 1 saturated carbocycles. The van der Waals surface area contributed by atoms with Gasteiger partial charge in [0.1, 0.15) is 0 Å². The Labute approximate surface area is 172 Å². The number of hydrogen-bond donors (Lipinski definition) is 1. The zero-order chi connectivity index (χ0) is 21.2. The molecule has 2 fully saturated rings. The van der Waals surface area contributed by atoms with Crippen LogP contribution in [0.25, 0.3) is 0 Å². The number of carbonyl (C=O) groups is 2. The number of nitrogens with zero attached hydrogens (tertiary/aromatic N) is 3. The topological polar surface area (TPSA) is 65.5 Å². The molecule has 6 nitrogen and oxygen atoms in total. The van der Waals surface area contributed by atoms with Crippen molar-refractivity contribution in [2.24, 2.45) is 5.92 Å². The van der Waals surface area contributed by atoms with Gasteiger partial charge in [0.2, 0.25) is 0 Å². The predicted octanol–water partition coefficient (Wildman–Crippen LogP) is 4.42. The Bertz CT molecular complexity index is 723. The average molecular weight is 433 g/mol. The van der Waals surface area contributed by atoms with Crippen LogP contribution in [0, 0.1) is 12.8 Å². The molecule has 1 aromatic heterocycles. The molecule has 29 heavy (non-hydrogen) atoms. The van der Waals surface area contributed by atoms with Crippen LogP contribution in [-0.4, -0.2) is 58.1 Å². The summed E-state index contributed by atoms with van der Waals surface area (Å²) in [6, 6.07) is -0.381. The number of anilines is 1. The Kier molecular flexibility index (Phi) is 6.70. The Morgan fingerprint density at radius 1 is 1.14 bits per heavy atom. The third-order valence-corrected chi connectivity index (χ3v) is 6.66. The van der Waals surface area contributed by atoms with Crippen molar-refractivity contribution in [3.05, 3.63) is 11.1 Å². The third kappa shape index (κ3) is 5.40. The van der Waals surface area contributed by atoms with E-state index in [0.717, 1.165) is 35.5 Å². The highest BCUT2D eigenvalue weighted by Crippen LogP contribution is 2.32. The van der Waals surface area contributed by atoms with E-state index in [-0.39, 0.29) is 31.2 Å². The maximum Gasteiger partial charge on any atom is 0.471 e. The monoisotopic (exact) mass is 432 g/mol. The second kappa shape index (κ2) is 8.89. The molecule has 3 amide bonds. The molecule has 3 rings (SSSR count). The first kappa shape index (κ1) is 21.9. The first-order valence-electron chi connectivity index (χ1n) is 10.0. The zero-order valence-electron chi connectivity index (χ0n) is 16.7. The largest absolute Gasteiger partial charge is 0.471 e. The van der Waals surface area contributed by atoms with Crippen molar-refractivity contribution in [1.82, 2.24) is 14.8 Å². The number of carbonyl (C=O) groups excluding carboxylic acids is 2. The minimum atomic E-state index is -4.86. The van der Waals surface area contributed by atoms with Crippen LogP contribution in [0.5, 0.6) is 0 Å². The molecule has 0 spiro atoms. The van der Waals surface area contributed by atoms with Crippen LogP contribution in [0.2, 0.25) is 0 Å². The van der Waals surface area contributed by atoms with Gasteiger partial charge in [0, 0.05) is 36.2 Å². The van der Waals surface area contributed by atoms with Gasteiger partial charge in [-0.05, 0) is 51.4 Å². The van der Waals surface area contributed by atoms with Crippen molar-refractivity contribution >= 4 is 28.4 Å². The number of hydrogen-bond acceptors (Lipinski definition) is 4. The van der Waals surface area contributed by atoms with E-state index in [2.05, 4.69) is 17.2 Å². The van der Waals surface area contributed by atoms with Crippen LogP contribution >= 0.6 is 11.3 Å². The molecule has 0 radical (unpaired) electrons. The first-order chi connectivity index (χ1) is 13.6. The molecule has 2 aliphatic rings. The third-order valence-electron chi connectivity index (χ3n) is 5.84. The lowest BCUT2D eigenvalue weighted by Crippen LogP contribution is -2.55. The Hall–Kier alpha value is -1.84. The maximum atomic E-state index is 13.1. The van der Waals surface area contributed by atoms with Crippen LogP contribution < -0.4 is 5.32 Å². The van der Waals surface area contributed by atoms with Crippen molar-refractivity contribution in [1.29, 1.82) is 0 Å². The summed E-state index contributed by atoms with van der Waals surface area (Å²) >= 11 is 1.39. The molecular weight excluding hydrogens is 405 g/mol. The minimum Gasteiger partial charge on any atom is -0.335 e. The fraction of sp³-hybridized carbons (Fsp3) is 0.737. The lowest BCUT2D eigenvalue weighted by molar-refractivity contribution is -0.186. The van der Waals surface area contributed by atoms with E-state index in [1.807, 2.05) is 11.8 Å². The van der Waals surface area contributed by atoms with Gasteiger partial charge in [-0.1, -0.05) is 6.92 Å². The summed E-state index contributed by atoms with van der Waals surface area (Å²) in [5, 5.41) is 3.38. The molecule has 0 bridgehead atoms. The number of aromatic nitrogens is 1. The SMILES string of the molecule is Cc1cnc(NC(=O)N(C2CCN(C(=O)C(F)(F)F)CC2)[C@H]2CC[C@H](C)CC2)s1. The normalized spacial score (nSPS) is 23.7. The number of likely N-dealkylation sites (tertiary alicyclic amines) is 1. The van der Waals surface area contributed by atoms with Gasteiger partial charge in [0.25, 0.3) is 0 Å². The van der Waals surface area contributed by atoms with E-state index in [0.29, 0.717) is 23.9 Å². The second-order valence-corrected chi connectivity index (χ2v) is 9.28. The van der Waals surface area contributed by atoms with Gasteiger partial charge in [0.05, 0.1) is 0 Å². The molecule has 0 atom stereocenters. The maximum absolute atomic E-state index is 13.1. The summed E-state index contributed by atoms with van der Waals surface area (Å²) < 4.78 is 38.2.